The minimum absolute atomic E-state index is 0.337. The first-order valence-corrected chi connectivity index (χ1v) is 7.94. The molecule has 1 heterocycles. The summed E-state index contributed by atoms with van der Waals surface area (Å²) in [6, 6.07) is 8.31. The highest BCUT2D eigenvalue weighted by molar-refractivity contribution is 8.00. The van der Waals surface area contributed by atoms with Crippen LogP contribution in [0.4, 0.5) is 5.69 Å². The van der Waals surface area contributed by atoms with Gasteiger partial charge in [0.15, 0.2) is 0 Å². The van der Waals surface area contributed by atoms with E-state index in [9.17, 15) is 5.11 Å². The Morgan fingerprint density at radius 3 is 2.89 bits per heavy atom. The van der Waals surface area contributed by atoms with Gasteiger partial charge in [-0.05, 0) is 18.9 Å². The van der Waals surface area contributed by atoms with Gasteiger partial charge in [0.2, 0.25) is 0 Å². The van der Waals surface area contributed by atoms with Crippen LogP contribution in [0.3, 0.4) is 0 Å². The largest absolute Gasteiger partial charge is 0.388 e. The zero-order valence-corrected chi connectivity index (χ0v) is 12.1. The normalized spacial score (nSPS) is 21.9. The van der Waals surface area contributed by atoms with Crippen molar-refractivity contribution in [2.45, 2.75) is 38.0 Å². The molecule has 1 N–H and O–H groups in total. The van der Waals surface area contributed by atoms with Crippen molar-refractivity contribution in [3.05, 3.63) is 29.8 Å². The number of benzene rings is 1. The van der Waals surface area contributed by atoms with Crippen molar-refractivity contribution < 1.29 is 5.11 Å². The molecule has 0 aromatic heterocycles. The van der Waals surface area contributed by atoms with Gasteiger partial charge in [0.05, 0.1) is 6.10 Å². The third-order valence-electron chi connectivity index (χ3n) is 3.62. The van der Waals surface area contributed by atoms with Crippen LogP contribution < -0.4 is 4.90 Å². The van der Waals surface area contributed by atoms with Crippen molar-refractivity contribution in [2.75, 3.05) is 23.7 Å². The van der Waals surface area contributed by atoms with Crippen LogP contribution in [0.25, 0.3) is 0 Å². The Morgan fingerprint density at radius 2 is 2.17 bits per heavy atom. The Bertz CT molecular complexity index is 383. The molecule has 2 nitrogen and oxygen atoms in total. The molecule has 0 saturated carbocycles. The van der Waals surface area contributed by atoms with E-state index < -0.39 is 0 Å². The van der Waals surface area contributed by atoms with Crippen molar-refractivity contribution in [2.24, 2.45) is 0 Å². The molecule has 1 aliphatic rings. The maximum atomic E-state index is 10.1. The number of aliphatic hydroxyl groups excluding tert-OH is 1. The molecule has 0 spiro atoms. The number of rotatable bonds is 4. The molecule has 1 aromatic carbocycles. The first-order chi connectivity index (χ1) is 8.76. The third-order valence-corrected chi connectivity index (χ3v) is 4.99. The minimum atomic E-state index is -0.337. The lowest BCUT2D eigenvalue weighted by molar-refractivity contribution is 0.174. The smallest absolute Gasteiger partial charge is 0.0807 e. The molecule has 0 bridgehead atoms. The molecule has 18 heavy (non-hydrogen) atoms. The number of thioether (sulfide) groups is 1. The molecule has 3 heteroatoms. The number of hydrogen-bond donors (Lipinski definition) is 1. The quantitative estimate of drug-likeness (QED) is 0.902. The molecule has 0 radical (unpaired) electrons. The van der Waals surface area contributed by atoms with Crippen LogP contribution in [0, 0.1) is 0 Å². The van der Waals surface area contributed by atoms with Gasteiger partial charge < -0.3 is 10.0 Å². The zero-order valence-electron chi connectivity index (χ0n) is 11.3. The van der Waals surface area contributed by atoms with Gasteiger partial charge in [-0.2, -0.15) is 11.8 Å². The first kappa shape index (κ1) is 13.8. The van der Waals surface area contributed by atoms with E-state index in [2.05, 4.69) is 41.8 Å². The van der Waals surface area contributed by atoms with Crippen LogP contribution in [0.2, 0.25) is 0 Å². The summed E-state index contributed by atoms with van der Waals surface area (Å²) in [4.78, 5) is 2.44. The molecule has 1 fully saturated rings. The molecule has 1 aromatic rings. The molecular weight excluding hydrogens is 242 g/mol. The molecule has 1 unspecified atom stereocenters. The van der Waals surface area contributed by atoms with Crippen LogP contribution in [-0.4, -0.2) is 29.2 Å². The highest BCUT2D eigenvalue weighted by Gasteiger charge is 2.22. The maximum absolute atomic E-state index is 10.1. The van der Waals surface area contributed by atoms with Crippen LogP contribution in [0.1, 0.15) is 38.4 Å². The predicted octanol–water partition coefficient (Wildman–Crippen LogP) is 3.46. The number of anilines is 1. The van der Waals surface area contributed by atoms with E-state index in [1.807, 2.05) is 13.0 Å². The molecular formula is C15H23NOS. The van der Waals surface area contributed by atoms with E-state index in [1.54, 1.807) is 0 Å². The van der Waals surface area contributed by atoms with Crippen LogP contribution in [0.5, 0.6) is 0 Å². The summed E-state index contributed by atoms with van der Waals surface area (Å²) < 4.78 is 0. The molecule has 1 saturated heterocycles. The summed E-state index contributed by atoms with van der Waals surface area (Å²) >= 11 is 2.08. The molecule has 0 amide bonds. The van der Waals surface area contributed by atoms with E-state index in [0.29, 0.717) is 0 Å². The Morgan fingerprint density at radius 1 is 1.39 bits per heavy atom. The Labute approximate surface area is 114 Å². The summed E-state index contributed by atoms with van der Waals surface area (Å²) in [7, 11) is 0. The van der Waals surface area contributed by atoms with Crippen molar-refractivity contribution >= 4 is 17.4 Å². The minimum Gasteiger partial charge on any atom is -0.388 e. The molecule has 2 rings (SSSR count). The lowest BCUT2D eigenvalue weighted by atomic mass is 10.0. The van der Waals surface area contributed by atoms with E-state index >= 15 is 0 Å². The lowest BCUT2D eigenvalue weighted by Crippen LogP contribution is -2.38. The maximum Gasteiger partial charge on any atom is 0.0807 e. The third kappa shape index (κ3) is 3.01. The van der Waals surface area contributed by atoms with Gasteiger partial charge in [-0.1, -0.05) is 32.0 Å². The molecule has 2 atom stereocenters. The topological polar surface area (TPSA) is 23.5 Å². The average molecular weight is 265 g/mol. The van der Waals surface area contributed by atoms with E-state index in [4.69, 9.17) is 0 Å². The van der Waals surface area contributed by atoms with Gasteiger partial charge in [0, 0.05) is 35.3 Å². The number of para-hydroxylation sites is 1. The summed E-state index contributed by atoms with van der Waals surface area (Å²) in [6.07, 6.45) is 1.66. The van der Waals surface area contributed by atoms with Gasteiger partial charge in [-0.15, -0.1) is 0 Å². The van der Waals surface area contributed by atoms with Crippen LogP contribution in [0.15, 0.2) is 24.3 Å². The highest BCUT2D eigenvalue weighted by Crippen LogP contribution is 2.32. The Hall–Kier alpha value is -0.670. The molecule has 1 aliphatic heterocycles. The van der Waals surface area contributed by atoms with E-state index in [0.717, 1.165) is 30.3 Å². The van der Waals surface area contributed by atoms with Gasteiger partial charge in [-0.3, -0.25) is 0 Å². The van der Waals surface area contributed by atoms with E-state index in [-0.39, 0.29) is 6.10 Å². The van der Waals surface area contributed by atoms with Gasteiger partial charge in [0.1, 0.15) is 0 Å². The fourth-order valence-corrected chi connectivity index (χ4v) is 3.64. The van der Waals surface area contributed by atoms with Crippen molar-refractivity contribution in [1.82, 2.24) is 0 Å². The molecule has 0 aliphatic carbocycles. The van der Waals surface area contributed by atoms with E-state index in [1.165, 1.54) is 17.9 Å². The summed E-state index contributed by atoms with van der Waals surface area (Å²) in [6.45, 7) is 6.49. The van der Waals surface area contributed by atoms with Crippen molar-refractivity contribution in [3.8, 4) is 0 Å². The fraction of sp³-hybridized carbons (Fsp3) is 0.600. The van der Waals surface area contributed by atoms with Crippen molar-refractivity contribution in [1.29, 1.82) is 0 Å². The SMILES string of the molecule is CCC1CN(c2ccccc2[C@H](O)CC)CCS1. The van der Waals surface area contributed by atoms with Gasteiger partial charge >= 0.3 is 0 Å². The van der Waals surface area contributed by atoms with Crippen LogP contribution >= 0.6 is 11.8 Å². The number of hydrogen-bond acceptors (Lipinski definition) is 3. The average Bonchev–Trinajstić information content (AvgIpc) is 2.46. The van der Waals surface area contributed by atoms with Crippen molar-refractivity contribution in [3.63, 3.8) is 0 Å². The Kier molecular flexibility index (Phi) is 4.95. The standard InChI is InChI=1S/C15H23NOS/c1-3-12-11-16(9-10-18-12)14-8-6-5-7-13(14)15(17)4-2/h5-8,12,15,17H,3-4,9-11H2,1-2H3/t12?,15-/m1/s1. The summed E-state index contributed by atoms with van der Waals surface area (Å²) in [5.74, 6) is 1.19. The summed E-state index contributed by atoms with van der Waals surface area (Å²) in [5, 5.41) is 10.9. The number of nitrogens with zero attached hydrogens (tertiary/aromatic N) is 1. The number of aliphatic hydroxyl groups is 1. The predicted molar refractivity (Wildman–Crippen MR) is 80.4 cm³/mol. The van der Waals surface area contributed by atoms with Crippen LogP contribution in [-0.2, 0) is 0 Å². The lowest BCUT2D eigenvalue weighted by Gasteiger charge is -2.35. The first-order valence-electron chi connectivity index (χ1n) is 6.89. The second-order valence-corrected chi connectivity index (χ2v) is 6.24. The van der Waals surface area contributed by atoms with Gasteiger partial charge in [-0.25, -0.2) is 0 Å². The Balaban J connectivity index is 2.21. The van der Waals surface area contributed by atoms with Gasteiger partial charge in [0.25, 0.3) is 0 Å². The second kappa shape index (κ2) is 6.48. The monoisotopic (exact) mass is 265 g/mol. The molecule has 100 valence electrons. The summed E-state index contributed by atoms with van der Waals surface area (Å²) in [5.41, 5.74) is 2.31. The second-order valence-electron chi connectivity index (χ2n) is 4.83. The fourth-order valence-electron chi connectivity index (χ4n) is 2.46. The highest BCUT2D eigenvalue weighted by atomic mass is 32.2. The zero-order chi connectivity index (χ0) is 13.0.